The molecule has 0 bridgehead atoms. The summed E-state index contributed by atoms with van der Waals surface area (Å²) in [7, 11) is 1.53. The topological polar surface area (TPSA) is 92.3 Å². The van der Waals surface area contributed by atoms with Gasteiger partial charge in [0.15, 0.2) is 16.7 Å². The zero-order valence-electron chi connectivity index (χ0n) is 17.0. The summed E-state index contributed by atoms with van der Waals surface area (Å²) in [5.74, 6) is 1.71. The SMILES string of the molecule is CCOc1c(Br)cc([C@H](C[N+](=O)[O-])Sc2nnc(C)n2-c2ccc(Cl)cc2)cc1OC. The Bertz CT molecular complexity index is 1080. The van der Waals surface area contributed by atoms with E-state index in [1.807, 2.05) is 36.6 Å². The fourth-order valence-corrected chi connectivity index (χ4v) is 4.84. The smallest absolute Gasteiger partial charge is 0.220 e. The van der Waals surface area contributed by atoms with Gasteiger partial charge in [0, 0.05) is 15.6 Å². The molecule has 0 saturated heterocycles. The quantitative estimate of drug-likeness (QED) is 0.206. The molecule has 2 aromatic carbocycles. The fraction of sp³-hybridized carbons (Fsp3) is 0.300. The molecule has 1 heterocycles. The molecule has 31 heavy (non-hydrogen) atoms. The van der Waals surface area contributed by atoms with E-state index < -0.39 is 5.25 Å². The van der Waals surface area contributed by atoms with Gasteiger partial charge in [0.25, 0.3) is 0 Å². The number of hydrogen-bond donors (Lipinski definition) is 0. The van der Waals surface area contributed by atoms with Gasteiger partial charge in [-0.1, -0.05) is 23.4 Å². The van der Waals surface area contributed by atoms with E-state index in [9.17, 15) is 10.1 Å². The first-order valence-electron chi connectivity index (χ1n) is 9.30. The van der Waals surface area contributed by atoms with Crippen molar-refractivity contribution in [3.05, 3.63) is 67.4 Å². The zero-order valence-corrected chi connectivity index (χ0v) is 20.2. The summed E-state index contributed by atoms with van der Waals surface area (Å²) in [4.78, 5) is 11.1. The monoisotopic (exact) mass is 526 g/mol. The van der Waals surface area contributed by atoms with E-state index in [0.717, 1.165) is 5.69 Å². The van der Waals surface area contributed by atoms with E-state index in [1.54, 1.807) is 18.2 Å². The summed E-state index contributed by atoms with van der Waals surface area (Å²) in [6.45, 7) is 3.85. The molecular formula is C20H20BrClN4O4S. The molecule has 0 aliphatic rings. The summed E-state index contributed by atoms with van der Waals surface area (Å²) in [6.07, 6.45) is 0. The van der Waals surface area contributed by atoms with Crippen LogP contribution >= 0.6 is 39.3 Å². The van der Waals surface area contributed by atoms with Gasteiger partial charge in [0.2, 0.25) is 6.54 Å². The molecule has 1 atom stereocenters. The molecule has 11 heteroatoms. The molecule has 0 amide bonds. The lowest BCUT2D eigenvalue weighted by Crippen LogP contribution is -2.12. The van der Waals surface area contributed by atoms with Gasteiger partial charge >= 0.3 is 0 Å². The Morgan fingerprint density at radius 3 is 2.61 bits per heavy atom. The second-order valence-electron chi connectivity index (χ2n) is 6.43. The molecular weight excluding hydrogens is 508 g/mol. The summed E-state index contributed by atoms with van der Waals surface area (Å²) in [6, 6.07) is 10.8. The van der Waals surface area contributed by atoms with Gasteiger partial charge in [-0.05, 0) is 71.7 Å². The van der Waals surface area contributed by atoms with E-state index in [4.69, 9.17) is 21.1 Å². The lowest BCUT2D eigenvalue weighted by molar-refractivity contribution is -0.479. The Labute approximate surface area is 197 Å². The van der Waals surface area contributed by atoms with Crippen molar-refractivity contribution >= 4 is 39.3 Å². The largest absolute Gasteiger partial charge is 0.493 e. The third-order valence-corrected chi connectivity index (χ3v) is 6.38. The van der Waals surface area contributed by atoms with Crippen molar-refractivity contribution in [2.24, 2.45) is 0 Å². The number of nitro groups is 1. The molecule has 0 unspecified atom stereocenters. The van der Waals surface area contributed by atoms with Crippen molar-refractivity contribution in [3.63, 3.8) is 0 Å². The minimum absolute atomic E-state index is 0.305. The number of benzene rings is 2. The number of halogens is 2. The molecule has 0 aliphatic heterocycles. The van der Waals surface area contributed by atoms with E-state index >= 15 is 0 Å². The van der Waals surface area contributed by atoms with Crippen molar-refractivity contribution < 1.29 is 14.4 Å². The van der Waals surface area contributed by atoms with Gasteiger partial charge < -0.3 is 9.47 Å². The predicted molar refractivity (Wildman–Crippen MR) is 123 cm³/mol. The summed E-state index contributed by atoms with van der Waals surface area (Å²) in [5.41, 5.74) is 1.52. The molecule has 0 fully saturated rings. The molecule has 8 nitrogen and oxygen atoms in total. The lowest BCUT2D eigenvalue weighted by atomic mass is 10.1. The van der Waals surface area contributed by atoms with Crippen LogP contribution in [0.3, 0.4) is 0 Å². The lowest BCUT2D eigenvalue weighted by Gasteiger charge is -2.18. The van der Waals surface area contributed by atoms with Gasteiger partial charge in [0.1, 0.15) is 11.1 Å². The second kappa shape index (κ2) is 10.3. The first kappa shape index (κ1) is 23.4. The highest BCUT2D eigenvalue weighted by Crippen LogP contribution is 2.43. The maximum Gasteiger partial charge on any atom is 0.220 e. The molecule has 0 aliphatic carbocycles. The van der Waals surface area contributed by atoms with Gasteiger partial charge in [-0.15, -0.1) is 10.2 Å². The number of thioether (sulfide) groups is 1. The highest BCUT2D eigenvalue weighted by atomic mass is 79.9. The van der Waals surface area contributed by atoms with Crippen LogP contribution in [0, 0.1) is 17.0 Å². The van der Waals surface area contributed by atoms with Crippen LogP contribution in [-0.4, -0.2) is 39.9 Å². The van der Waals surface area contributed by atoms with E-state index in [0.29, 0.717) is 44.1 Å². The highest BCUT2D eigenvalue weighted by Gasteiger charge is 2.26. The van der Waals surface area contributed by atoms with E-state index in [1.165, 1.54) is 18.9 Å². The van der Waals surface area contributed by atoms with Crippen molar-refractivity contribution in [3.8, 4) is 17.2 Å². The van der Waals surface area contributed by atoms with Crippen LogP contribution in [0.2, 0.25) is 5.02 Å². The second-order valence-corrected chi connectivity index (χ2v) is 8.89. The molecule has 0 saturated carbocycles. The maximum absolute atomic E-state index is 11.4. The molecule has 1 aromatic heterocycles. The number of nitrogens with zero attached hydrogens (tertiary/aromatic N) is 4. The third kappa shape index (κ3) is 5.50. The maximum atomic E-state index is 11.4. The van der Waals surface area contributed by atoms with Gasteiger partial charge in [-0.3, -0.25) is 14.7 Å². The summed E-state index contributed by atoms with van der Waals surface area (Å²) in [5, 5.41) is 20.5. The van der Waals surface area contributed by atoms with Gasteiger partial charge in [0.05, 0.1) is 18.2 Å². The van der Waals surface area contributed by atoms with Crippen LogP contribution in [0.15, 0.2) is 46.0 Å². The Morgan fingerprint density at radius 1 is 1.29 bits per heavy atom. The van der Waals surface area contributed by atoms with Gasteiger partial charge in [-0.25, -0.2) is 0 Å². The molecule has 0 N–H and O–H groups in total. The van der Waals surface area contributed by atoms with Crippen LogP contribution in [0.5, 0.6) is 11.5 Å². The number of methoxy groups -OCH3 is 1. The normalized spacial score (nSPS) is 11.9. The average Bonchev–Trinajstić information content (AvgIpc) is 3.09. The van der Waals surface area contributed by atoms with Crippen LogP contribution in [-0.2, 0) is 0 Å². The van der Waals surface area contributed by atoms with Crippen LogP contribution < -0.4 is 9.47 Å². The number of rotatable bonds is 9. The zero-order chi connectivity index (χ0) is 22.5. The predicted octanol–water partition coefficient (Wildman–Crippen LogP) is 5.51. The Hall–Kier alpha value is -2.30. The fourth-order valence-electron chi connectivity index (χ4n) is 2.99. The van der Waals surface area contributed by atoms with Crippen molar-refractivity contribution in [1.82, 2.24) is 14.8 Å². The van der Waals surface area contributed by atoms with Gasteiger partial charge in [-0.2, -0.15) is 0 Å². The Morgan fingerprint density at radius 2 is 2.00 bits per heavy atom. The summed E-state index contributed by atoms with van der Waals surface area (Å²) < 4.78 is 13.6. The number of aryl methyl sites for hydroxylation is 1. The number of hydrogen-bond acceptors (Lipinski definition) is 7. The number of aromatic nitrogens is 3. The molecule has 3 aromatic rings. The molecule has 0 radical (unpaired) electrons. The highest BCUT2D eigenvalue weighted by molar-refractivity contribution is 9.10. The minimum Gasteiger partial charge on any atom is -0.493 e. The number of ether oxygens (including phenoxy) is 2. The standard InChI is InChI=1S/C20H20BrClN4O4S/c1-4-30-19-16(21)9-13(10-17(19)29-3)18(11-25(27)28)31-20-24-23-12(2)26(20)15-7-5-14(22)6-8-15/h5-10,18H,4,11H2,1-3H3/t18-/m0/s1. The van der Waals surface area contributed by atoms with E-state index in [-0.39, 0.29) is 11.5 Å². The average molecular weight is 528 g/mol. The Kier molecular flexibility index (Phi) is 7.79. The van der Waals surface area contributed by atoms with Crippen LogP contribution in [0.1, 0.15) is 23.6 Å². The van der Waals surface area contributed by atoms with Crippen molar-refractivity contribution in [2.45, 2.75) is 24.3 Å². The molecule has 0 spiro atoms. The van der Waals surface area contributed by atoms with Crippen LogP contribution in [0.4, 0.5) is 0 Å². The molecule has 3 rings (SSSR count). The minimum atomic E-state index is -0.537. The third-order valence-electron chi connectivity index (χ3n) is 4.35. The van der Waals surface area contributed by atoms with E-state index in [2.05, 4.69) is 26.1 Å². The van der Waals surface area contributed by atoms with Crippen molar-refractivity contribution in [2.75, 3.05) is 20.3 Å². The van der Waals surface area contributed by atoms with Crippen LogP contribution in [0.25, 0.3) is 5.69 Å². The Balaban J connectivity index is 2.02. The molecule has 164 valence electrons. The first-order valence-corrected chi connectivity index (χ1v) is 11.4. The van der Waals surface area contributed by atoms with Crippen molar-refractivity contribution in [1.29, 1.82) is 0 Å². The summed E-state index contributed by atoms with van der Waals surface area (Å²) >= 11 is 10.8. The first-order chi connectivity index (χ1) is 14.8.